The topological polar surface area (TPSA) is 83.3 Å². The van der Waals surface area contributed by atoms with Gasteiger partial charge in [0.25, 0.3) is 0 Å². The number of aromatic amines is 1. The van der Waals surface area contributed by atoms with E-state index in [2.05, 4.69) is 9.97 Å². The van der Waals surface area contributed by atoms with Crippen LogP contribution >= 0.6 is 0 Å². The molecule has 0 radical (unpaired) electrons. The molecule has 0 aliphatic heterocycles. The van der Waals surface area contributed by atoms with Gasteiger partial charge in [0.2, 0.25) is 0 Å². The molecule has 0 atom stereocenters. The lowest BCUT2D eigenvalue weighted by molar-refractivity contribution is 0.475. The summed E-state index contributed by atoms with van der Waals surface area (Å²) in [5.74, 6) is 1.71. The maximum Gasteiger partial charge on any atom is 0.160 e. The zero-order valence-electron chi connectivity index (χ0n) is 17.4. The van der Waals surface area contributed by atoms with Gasteiger partial charge in [-0.2, -0.15) is 0 Å². The zero-order chi connectivity index (χ0) is 22.1. The highest BCUT2D eigenvalue weighted by Gasteiger charge is 2.16. The predicted molar refractivity (Wildman–Crippen MR) is 126 cm³/mol. The van der Waals surface area contributed by atoms with E-state index < -0.39 is 0 Å². The van der Waals surface area contributed by atoms with Crippen molar-refractivity contribution in [3.05, 3.63) is 90.5 Å². The molecular weight excluding hydrogens is 402 g/mol. The van der Waals surface area contributed by atoms with Gasteiger partial charge in [-0.3, -0.25) is 0 Å². The highest BCUT2D eigenvalue weighted by molar-refractivity contribution is 5.95. The molecule has 0 aliphatic rings. The number of imidazole rings is 1. The van der Waals surface area contributed by atoms with Crippen LogP contribution in [0.2, 0.25) is 0 Å². The normalized spacial score (nSPS) is 11.4. The maximum atomic E-state index is 9.89. The minimum Gasteiger partial charge on any atom is -0.508 e. The number of ether oxygens (including phenoxy) is 1. The first-order valence-corrected chi connectivity index (χ1v) is 10.1. The molecule has 0 fully saturated rings. The number of rotatable bonds is 5. The van der Waals surface area contributed by atoms with Crippen LogP contribution in [-0.4, -0.2) is 24.7 Å². The molecule has 0 saturated carbocycles. The molecule has 3 N–H and O–H groups in total. The summed E-state index contributed by atoms with van der Waals surface area (Å²) in [5.41, 5.74) is 4.32. The summed E-state index contributed by atoms with van der Waals surface area (Å²) in [6, 6.07) is 19.8. The maximum absolute atomic E-state index is 9.89. The average Bonchev–Trinajstić information content (AvgIpc) is 3.37. The number of aromatic nitrogens is 3. The second-order valence-electron chi connectivity index (χ2n) is 7.57. The van der Waals surface area contributed by atoms with Gasteiger partial charge >= 0.3 is 0 Å². The number of fused-ring (bicyclic) bond motifs is 1. The average molecular weight is 423 g/mol. The van der Waals surface area contributed by atoms with Crippen molar-refractivity contribution in [2.45, 2.75) is 0 Å². The van der Waals surface area contributed by atoms with E-state index in [0.29, 0.717) is 11.5 Å². The first-order chi connectivity index (χ1) is 15.5. The first-order valence-electron chi connectivity index (χ1n) is 10.1. The Balaban J connectivity index is 1.47. The number of phenols is 2. The molecule has 0 unspecified atom stereocenters. The van der Waals surface area contributed by atoms with Crippen molar-refractivity contribution >= 4 is 23.1 Å². The summed E-state index contributed by atoms with van der Waals surface area (Å²) in [5, 5.41) is 20.4. The van der Waals surface area contributed by atoms with Gasteiger partial charge in [-0.1, -0.05) is 18.2 Å². The molecule has 5 rings (SSSR count). The van der Waals surface area contributed by atoms with Gasteiger partial charge < -0.3 is 24.5 Å². The van der Waals surface area contributed by atoms with Gasteiger partial charge in [-0.15, -0.1) is 0 Å². The van der Waals surface area contributed by atoms with Crippen LogP contribution in [0.3, 0.4) is 0 Å². The van der Waals surface area contributed by atoms with Crippen LogP contribution in [0.15, 0.2) is 79.3 Å². The third-order valence-corrected chi connectivity index (χ3v) is 5.16. The van der Waals surface area contributed by atoms with E-state index in [1.54, 1.807) is 30.6 Å². The Bertz CT molecular complexity index is 1410. The number of hydrogen-bond donors (Lipinski definition) is 3. The monoisotopic (exact) mass is 423 g/mol. The van der Waals surface area contributed by atoms with Gasteiger partial charge in [0.1, 0.15) is 17.2 Å². The van der Waals surface area contributed by atoms with E-state index in [4.69, 9.17) is 4.74 Å². The van der Waals surface area contributed by atoms with Crippen molar-refractivity contribution in [1.29, 1.82) is 0 Å². The quantitative estimate of drug-likeness (QED) is 0.327. The summed E-state index contributed by atoms with van der Waals surface area (Å²) >= 11 is 0. The lowest BCUT2D eigenvalue weighted by Gasteiger charge is -2.09. The van der Waals surface area contributed by atoms with E-state index in [9.17, 15) is 10.2 Å². The first kappa shape index (κ1) is 19.5. The fourth-order valence-electron chi connectivity index (χ4n) is 3.56. The third-order valence-electron chi connectivity index (χ3n) is 5.16. The summed E-state index contributed by atoms with van der Waals surface area (Å²) in [6.07, 6.45) is 7.68. The van der Waals surface area contributed by atoms with Gasteiger partial charge in [-0.25, -0.2) is 4.98 Å². The molecule has 2 heterocycles. The highest BCUT2D eigenvalue weighted by atomic mass is 16.5. The van der Waals surface area contributed by atoms with Crippen molar-refractivity contribution < 1.29 is 14.9 Å². The van der Waals surface area contributed by atoms with Crippen LogP contribution in [0, 0.1) is 0 Å². The number of aromatic hydroxyl groups is 2. The molecule has 0 aliphatic carbocycles. The predicted octanol–water partition coefficient (Wildman–Crippen LogP) is 5.94. The largest absolute Gasteiger partial charge is 0.508 e. The van der Waals surface area contributed by atoms with Crippen LogP contribution in [0.1, 0.15) is 11.3 Å². The second-order valence-corrected chi connectivity index (χ2v) is 7.57. The van der Waals surface area contributed by atoms with Crippen molar-refractivity contribution in [1.82, 2.24) is 14.5 Å². The Morgan fingerprint density at radius 3 is 2.38 bits per heavy atom. The van der Waals surface area contributed by atoms with Crippen LogP contribution in [0.5, 0.6) is 23.0 Å². The van der Waals surface area contributed by atoms with E-state index in [1.807, 2.05) is 72.4 Å². The number of hydrogen-bond acceptors (Lipinski definition) is 4. The number of benzene rings is 3. The van der Waals surface area contributed by atoms with E-state index in [1.165, 1.54) is 0 Å². The van der Waals surface area contributed by atoms with Crippen LogP contribution < -0.4 is 4.74 Å². The van der Waals surface area contributed by atoms with Gasteiger partial charge in [-0.05, 0) is 60.2 Å². The summed E-state index contributed by atoms with van der Waals surface area (Å²) in [7, 11) is 1.94. The molecule has 32 heavy (non-hydrogen) atoms. The molecule has 0 bridgehead atoms. The van der Waals surface area contributed by atoms with Crippen LogP contribution in [-0.2, 0) is 7.05 Å². The van der Waals surface area contributed by atoms with Gasteiger partial charge in [0, 0.05) is 30.3 Å². The minimum absolute atomic E-state index is 0.173. The van der Waals surface area contributed by atoms with E-state index >= 15 is 0 Å². The van der Waals surface area contributed by atoms with Crippen molar-refractivity contribution in [3.8, 4) is 34.3 Å². The zero-order valence-corrected chi connectivity index (χ0v) is 17.4. The van der Waals surface area contributed by atoms with Gasteiger partial charge in [0.15, 0.2) is 5.75 Å². The lowest BCUT2D eigenvalue weighted by Crippen LogP contribution is -1.87. The number of phenolic OH excluding ortho intramolecular Hbond substituents is 2. The number of nitrogens with one attached hydrogen (secondary N) is 1. The Labute approximate surface area is 184 Å². The fourth-order valence-corrected chi connectivity index (χ4v) is 3.56. The van der Waals surface area contributed by atoms with Crippen LogP contribution in [0.25, 0.3) is 34.3 Å². The fraction of sp³-hybridized carbons (Fsp3) is 0.0385. The summed E-state index contributed by atoms with van der Waals surface area (Å²) in [6.45, 7) is 0. The van der Waals surface area contributed by atoms with Crippen molar-refractivity contribution in [3.63, 3.8) is 0 Å². The Morgan fingerprint density at radius 1 is 0.906 bits per heavy atom. The van der Waals surface area contributed by atoms with E-state index in [0.717, 1.165) is 33.4 Å². The number of nitrogens with zero attached hydrogens (tertiary/aromatic N) is 2. The molecule has 0 spiro atoms. The molecule has 2 aromatic heterocycles. The Kier molecular flexibility index (Phi) is 4.88. The third kappa shape index (κ3) is 3.94. The molecule has 3 aromatic carbocycles. The van der Waals surface area contributed by atoms with Crippen LogP contribution in [0.4, 0.5) is 0 Å². The minimum atomic E-state index is 0.173. The summed E-state index contributed by atoms with van der Waals surface area (Å²) in [4.78, 5) is 7.62. The van der Waals surface area contributed by atoms with Crippen molar-refractivity contribution in [2.24, 2.45) is 7.05 Å². The second kappa shape index (κ2) is 8.00. The molecule has 5 aromatic rings. The molecule has 0 amide bonds. The summed E-state index contributed by atoms with van der Waals surface area (Å²) < 4.78 is 8.20. The van der Waals surface area contributed by atoms with E-state index in [-0.39, 0.29) is 11.5 Å². The lowest BCUT2D eigenvalue weighted by atomic mass is 10.1. The Morgan fingerprint density at radius 2 is 1.66 bits per heavy atom. The molecule has 6 heteroatoms. The van der Waals surface area contributed by atoms with Crippen molar-refractivity contribution in [2.75, 3.05) is 0 Å². The Hall–Kier alpha value is -4.45. The number of H-pyrrole nitrogens is 1. The SMILES string of the molecule is Cn1cnc(/C=C/c2ccc(Oc3c(-c4ccc(O)cc4)[nH]c4cc(O)ccc34)cc2)c1. The smallest absolute Gasteiger partial charge is 0.160 e. The molecule has 6 nitrogen and oxygen atoms in total. The molecule has 158 valence electrons. The highest BCUT2D eigenvalue weighted by Crippen LogP contribution is 2.41. The van der Waals surface area contributed by atoms with Gasteiger partial charge in [0.05, 0.1) is 23.2 Å². The molecular formula is C26H21N3O3. The standard InChI is InChI=1S/C26H21N3O3/c1-29-15-19(27-16-29)7-2-17-3-11-22(12-4-17)32-26-23-13-10-21(31)14-24(23)28-25(26)18-5-8-20(30)9-6-18/h2-16,28,30-31H,1H3/b7-2+. The molecule has 0 saturated heterocycles. The number of aryl methyl sites for hydroxylation is 1.